The molecular formula is C34H48N2O2S. The third-order valence-electron chi connectivity index (χ3n) is 11.3. The molecule has 0 spiro atoms. The molecule has 5 heteroatoms. The molecule has 39 heavy (non-hydrogen) atoms. The highest BCUT2D eigenvalue weighted by atomic mass is 32.2. The maximum absolute atomic E-state index is 14.1. The molecule has 0 bridgehead atoms. The fraction of sp³-hybridized carbons (Fsp3) is 0.647. The minimum Gasteiger partial charge on any atom is -0.382 e. The number of fused-ring (bicyclic) bond motifs is 4. The van der Waals surface area contributed by atoms with Gasteiger partial charge in [-0.15, -0.1) is 0 Å². The molecule has 2 aromatic carbocycles. The fourth-order valence-corrected chi connectivity index (χ4v) is 10.2. The van der Waals surface area contributed by atoms with Gasteiger partial charge in [-0.3, -0.25) is 0 Å². The molecule has 212 valence electrons. The van der Waals surface area contributed by atoms with E-state index >= 15 is 0 Å². The SMILES string of the molecule is CC1(C)CC[C@H]2[C@H](C1)Nc1ccc(S(=O)(=O)c3ccc4c(c3)C(C)(C)[C@@H]3CCC(C)(C)C[C@H]3N4)cc1C2(C)C. The number of hydrogen-bond donors (Lipinski definition) is 2. The molecule has 0 amide bonds. The second kappa shape index (κ2) is 8.50. The molecule has 2 aliphatic heterocycles. The van der Waals surface area contributed by atoms with Gasteiger partial charge in [0, 0.05) is 23.5 Å². The number of sulfone groups is 1. The van der Waals surface area contributed by atoms with Crippen LogP contribution in [0.3, 0.4) is 0 Å². The predicted octanol–water partition coefficient (Wildman–Crippen LogP) is 8.32. The van der Waals surface area contributed by atoms with E-state index < -0.39 is 9.84 Å². The van der Waals surface area contributed by atoms with Crippen molar-refractivity contribution >= 4 is 21.2 Å². The molecule has 4 atom stereocenters. The Morgan fingerprint density at radius 2 is 1.03 bits per heavy atom. The molecular weight excluding hydrogens is 500 g/mol. The Hall–Kier alpha value is -2.01. The first-order valence-electron chi connectivity index (χ1n) is 15.1. The summed E-state index contributed by atoms with van der Waals surface area (Å²) in [5.74, 6) is 1.00. The average molecular weight is 549 g/mol. The van der Waals surface area contributed by atoms with Gasteiger partial charge in [0.05, 0.1) is 9.79 Å². The van der Waals surface area contributed by atoms with E-state index in [1.807, 2.05) is 36.4 Å². The Labute approximate surface area is 236 Å². The van der Waals surface area contributed by atoms with E-state index in [0.29, 0.717) is 44.5 Å². The summed E-state index contributed by atoms with van der Waals surface area (Å²) in [5, 5.41) is 7.62. The van der Waals surface area contributed by atoms with Crippen LogP contribution in [0.2, 0.25) is 0 Å². The molecule has 0 unspecified atom stereocenters. The highest BCUT2D eigenvalue weighted by Crippen LogP contribution is 2.54. The summed E-state index contributed by atoms with van der Waals surface area (Å²) < 4.78 is 28.2. The van der Waals surface area contributed by atoms with E-state index in [2.05, 4.69) is 66.0 Å². The third kappa shape index (κ3) is 4.33. The molecule has 6 rings (SSSR count). The van der Waals surface area contributed by atoms with Crippen molar-refractivity contribution < 1.29 is 8.42 Å². The maximum atomic E-state index is 14.1. The third-order valence-corrected chi connectivity index (χ3v) is 13.1. The first-order valence-corrected chi connectivity index (χ1v) is 16.6. The second-order valence-corrected chi connectivity index (χ2v) is 17.8. The summed E-state index contributed by atoms with van der Waals surface area (Å²) in [5.41, 5.74) is 4.98. The molecule has 2 saturated carbocycles. The van der Waals surface area contributed by atoms with Crippen molar-refractivity contribution in [1.29, 1.82) is 0 Å². The Morgan fingerprint density at radius 3 is 1.41 bits per heavy atom. The molecule has 4 aliphatic rings. The molecule has 4 nitrogen and oxygen atoms in total. The molecule has 2 aliphatic carbocycles. The van der Waals surface area contributed by atoms with E-state index in [1.54, 1.807) is 0 Å². The fourth-order valence-electron chi connectivity index (χ4n) is 8.84. The van der Waals surface area contributed by atoms with E-state index in [1.165, 1.54) is 25.7 Å². The molecule has 2 N–H and O–H groups in total. The lowest BCUT2D eigenvalue weighted by molar-refractivity contribution is 0.119. The van der Waals surface area contributed by atoms with E-state index in [0.717, 1.165) is 35.3 Å². The normalized spacial score (nSPS) is 31.4. The van der Waals surface area contributed by atoms with Crippen molar-refractivity contribution in [3.8, 4) is 0 Å². The Bertz CT molecular complexity index is 1320. The standard InChI is InChI=1S/C34H48N2O2S/c1-31(2)15-13-23-29(19-31)35-27-11-9-21(17-25(27)33(23,5)6)39(37,38)22-10-12-28-26(18-22)34(7,8)24-14-16-32(3,4)20-30(24)36-28/h9-12,17-18,23-24,29-30,35-36H,13-16,19-20H2,1-8H3/t23-,24+,29-,30+. The van der Waals surface area contributed by atoms with E-state index in [9.17, 15) is 8.42 Å². The van der Waals surface area contributed by atoms with Crippen LogP contribution in [0.15, 0.2) is 46.2 Å². The van der Waals surface area contributed by atoms with Crippen LogP contribution in [0.4, 0.5) is 11.4 Å². The zero-order valence-electron chi connectivity index (χ0n) is 25.2. The lowest BCUT2D eigenvalue weighted by atomic mass is 9.58. The summed E-state index contributed by atoms with van der Waals surface area (Å²) in [6.45, 7) is 18.7. The Balaban J connectivity index is 1.36. The smallest absolute Gasteiger partial charge is 0.206 e. The lowest BCUT2D eigenvalue weighted by Crippen LogP contribution is -2.50. The molecule has 0 saturated heterocycles. The largest absolute Gasteiger partial charge is 0.382 e. The summed E-state index contributed by atoms with van der Waals surface area (Å²) in [7, 11) is -3.66. The topological polar surface area (TPSA) is 58.2 Å². The monoisotopic (exact) mass is 548 g/mol. The first kappa shape index (κ1) is 27.2. The summed E-state index contributed by atoms with van der Waals surface area (Å²) in [4.78, 5) is 0.814. The van der Waals surface area contributed by atoms with Gasteiger partial charge in [-0.2, -0.15) is 0 Å². The van der Waals surface area contributed by atoms with Crippen LogP contribution in [0.1, 0.15) is 105 Å². The van der Waals surface area contributed by atoms with Crippen LogP contribution in [-0.4, -0.2) is 20.5 Å². The van der Waals surface area contributed by atoms with Crippen molar-refractivity contribution in [3.63, 3.8) is 0 Å². The molecule has 0 aromatic heterocycles. The number of nitrogens with one attached hydrogen (secondary N) is 2. The van der Waals surface area contributed by atoms with Gasteiger partial charge in [-0.1, -0.05) is 55.4 Å². The highest BCUT2D eigenvalue weighted by molar-refractivity contribution is 7.91. The van der Waals surface area contributed by atoms with Crippen LogP contribution in [0.25, 0.3) is 0 Å². The van der Waals surface area contributed by atoms with Crippen LogP contribution in [0.5, 0.6) is 0 Å². The molecule has 2 heterocycles. The minimum absolute atomic E-state index is 0.0845. The van der Waals surface area contributed by atoms with Gasteiger partial charge in [0.1, 0.15) is 0 Å². The van der Waals surface area contributed by atoms with Gasteiger partial charge in [-0.05, 0) is 120 Å². The quantitative estimate of drug-likeness (QED) is 0.396. The van der Waals surface area contributed by atoms with E-state index in [4.69, 9.17) is 0 Å². The Kier molecular flexibility index (Phi) is 5.92. The van der Waals surface area contributed by atoms with Crippen molar-refractivity contribution in [3.05, 3.63) is 47.5 Å². The van der Waals surface area contributed by atoms with Crippen LogP contribution in [0, 0.1) is 22.7 Å². The van der Waals surface area contributed by atoms with Crippen LogP contribution < -0.4 is 10.6 Å². The molecule has 0 radical (unpaired) electrons. The van der Waals surface area contributed by atoms with Crippen LogP contribution >= 0.6 is 0 Å². The van der Waals surface area contributed by atoms with Crippen molar-refractivity contribution in [2.24, 2.45) is 22.7 Å². The van der Waals surface area contributed by atoms with Gasteiger partial charge in [0.15, 0.2) is 0 Å². The number of benzene rings is 2. The number of hydrogen-bond acceptors (Lipinski definition) is 4. The maximum Gasteiger partial charge on any atom is 0.206 e. The van der Waals surface area contributed by atoms with Crippen molar-refractivity contribution in [2.75, 3.05) is 10.6 Å². The number of anilines is 2. The van der Waals surface area contributed by atoms with Crippen LogP contribution in [-0.2, 0) is 20.7 Å². The van der Waals surface area contributed by atoms with Gasteiger partial charge in [0.25, 0.3) is 0 Å². The molecule has 2 aromatic rings. The van der Waals surface area contributed by atoms with Gasteiger partial charge in [-0.25, -0.2) is 8.42 Å². The van der Waals surface area contributed by atoms with Crippen molar-refractivity contribution in [2.45, 2.75) is 127 Å². The first-order chi connectivity index (χ1) is 18.0. The predicted molar refractivity (Wildman–Crippen MR) is 161 cm³/mol. The second-order valence-electron chi connectivity index (χ2n) is 15.9. The Morgan fingerprint density at radius 1 is 0.641 bits per heavy atom. The zero-order valence-corrected chi connectivity index (χ0v) is 26.1. The lowest BCUT2D eigenvalue weighted by Gasteiger charge is -2.52. The highest BCUT2D eigenvalue weighted by Gasteiger charge is 2.48. The average Bonchev–Trinajstić information content (AvgIpc) is 2.82. The van der Waals surface area contributed by atoms with E-state index in [-0.39, 0.29) is 10.8 Å². The summed E-state index contributed by atoms with van der Waals surface area (Å²) in [6.07, 6.45) is 7.06. The summed E-state index contributed by atoms with van der Waals surface area (Å²) >= 11 is 0. The van der Waals surface area contributed by atoms with Gasteiger partial charge in [0.2, 0.25) is 9.84 Å². The molecule has 2 fully saturated rings. The van der Waals surface area contributed by atoms with Gasteiger partial charge >= 0.3 is 0 Å². The zero-order chi connectivity index (χ0) is 28.2. The number of rotatable bonds is 2. The minimum atomic E-state index is -3.66. The van der Waals surface area contributed by atoms with Gasteiger partial charge < -0.3 is 10.6 Å². The van der Waals surface area contributed by atoms with Crippen molar-refractivity contribution in [1.82, 2.24) is 0 Å². The summed E-state index contributed by atoms with van der Waals surface area (Å²) in [6, 6.07) is 12.5.